The molecule has 0 aromatic heterocycles. The van der Waals surface area contributed by atoms with E-state index in [1.54, 1.807) is 37.3 Å². The van der Waals surface area contributed by atoms with Crippen LogP contribution in [0.25, 0.3) is 0 Å². The third-order valence-electron chi connectivity index (χ3n) is 1.56. The van der Waals surface area contributed by atoms with Crippen molar-refractivity contribution in [3.05, 3.63) is 28.2 Å². The van der Waals surface area contributed by atoms with Gasteiger partial charge in [0.15, 0.2) is 0 Å². The molecule has 76 valence electrons. The molecule has 1 rings (SSSR count). The lowest BCUT2D eigenvalue weighted by Crippen LogP contribution is -2.36. The Morgan fingerprint density at radius 2 is 2.14 bits per heavy atom. The summed E-state index contributed by atoms with van der Waals surface area (Å²) in [6.45, 7) is 0. The van der Waals surface area contributed by atoms with Crippen LogP contribution in [0, 0.1) is 0 Å². The molecule has 1 aromatic carbocycles. The molecule has 0 heterocycles. The van der Waals surface area contributed by atoms with Gasteiger partial charge in [0.25, 0.3) is 5.91 Å². The van der Waals surface area contributed by atoms with Crippen molar-refractivity contribution >= 4 is 27.5 Å². The summed E-state index contributed by atoms with van der Waals surface area (Å²) in [6, 6.07) is 5.11. The fourth-order valence-electron chi connectivity index (χ4n) is 0.980. The molecule has 0 unspecified atom stereocenters. The standard InChI is InChI=1S/C9H12BrN3O/c1-13(2)12-9(14)7-5-6(11)3-4-8(7)10/h3-5H,11H2,1-2H3,(H,12,14). The van der Waals surface area contributed by atoms with Crippen LogP contribution in [0.5, 0.6) is 0 Å². The van der Waals surface area contributed by atoms with Gasteiger partial charge >= 0.3 is 0 Å². The lowest BCUT2D eigenvalue weighted by Gasteiger charge is -2.12. The Bertz CT molecular complexity index is 352. The minimum atomic E-state index is -0.186. The van der Waals surface area contributed by atoms with E-state index in [1.165, 1.54) is 0 Å². The van der Waals surface area contributed by atoms with Gasteiger partial charge < -0.3 is 5.73 Å². The highest BCUT2D eigenvalue weighted by Crippen LogP contribution is 2.19. The van der Waals surface area contributed by atoms with Crippen LogP contribution in [-0.2, 0) is 0 Å². The monoisotopic (exact) mass is 257 g/mol. The van der Waals surface area contributed by atoms with Crippen molar-refractivity contribution in [2.75, 3.05) is 19.8 Å². The molecule has 0 aliphatic carbocycles. The van der Waals surface area contributed by atoms with Crippen LogP contribution in [0.3, 0.4) is 0 Å². The predicted molar refractivity (Wildman–Crippen MR) is 59.7 cm³/mol. The Morgan fingerprint density at radius 1 is 1.50 bits per heavy atom. The van der Waals surface area contributed by atoms with Crippen LogP contribution in [0.15, 0.2) is 22.7 Å². The molecule has 0 aliphatic heterocycles. The second-order valence-corrected chi connectivity index (χ2v) is 3.93. The number of nitrogens with one attached hydrogen (secondary N) is 1. The fraction of sp³-hybridized carbons (Fsp3) is 0.222. The molecule has 0 saturated heterocycles. The largest absolute Gasteiger partial charge is 0.399 e. The smallest absolute Gasteiger partial charge is 0.266 e. The number of carbonyl (C=O) groups excluding carboxylic acids is 1. The van der Waals surface area contributed by atoms with Crippen molar-refractivity contribution in [1.29, 1.82) is 0 Å². The highest BCUT2D eigenvalue weighted by Gasteiger charge is 2.10. The van der Waals surface area contributed by atoms with Gasteiger partial charge in [0.2, 0.25) is 0 Å². The zero-order valence-electron chi connectivity index (χ0n) is 8.04. The van der Waals surface area contributed by atoms with Crippen molar-refractivity contribution in [3.63, 3.8) is 0 Å². The number of benzene rings is 1. The summed E-state index contributed by atoms with van der Waals surface area (Å²) < 4.78 is 0.728. The summed E-state index contributed by atoms with van der Waals surface area (Å²) >= 11 is 3.29. The second kappa shape index (κ2) is 4.43. The predicted octanol–water partition coefficient (Wildman–Crippen LogP) is 1.24. The molecule has 0 spiro atoms. The van der Waals surface area contributed by atoms with Gasteiger partial charge in [-0.25, -0.2) is 5.01 Å². The molecule has 0 saturated carbocycles. The number of nitrogens with zero attached hydrogens (tertiary/aromatic N) is 1. The molecule has 0 bridgehead atoms. The van der Waals surface area contributed by atoms with Crippen LogP contribution in [0.4, 0.5) is 5.69 Å². The Labute approximate surface area is 91.2 Å². The van der Waals surface area contributed by atoms with E-state index in [1.807, 2.05) is 0 Å². The van der Waals surface area contributed by atoms with Crippen molar-refractivity contribution in [1.82, 2.24) is 10.4 Å². The molecule has 0 atom stereocenters. The van der Waals surface area contributed by atoms with Crippen LogP contribution in [-0.4, -0.2) is 25.0 Å². The number of anilines is 1. The molecule has 14 heavy (non-hydrogen) atoms. The van der Waals surface area contributed by atoms with Gasteiger partial charge in [0.05, 0.1) is 5.56 Å². The first-order valence-electron chi connectivity index (χ1n) is 4.04. The number of nitrogens with two attached hydrogens (primary N) is 1. The number of hydrogen-bond acceptors (Lipinski definition) is 3. The van der Waals surface area contributed by atoms with Gasteiger partial charge in [0.1, 0.15) is 0 Å². The molecule has 4 nitrogen and oxygen atoms in total. The maximum atomic E-state index is 11.6. The molecule has 5 heteroatoms. The second-order valence-electron chi connectivity index (χ2n) is 3.07. The zero-order valence-corrected chi connectivity index (χ0v) is 9.63. The highest BCUT2D eigenvalue weighted by molar-refractivity contribution is 9.10. The molecule has 1 amide bonds. The van der Waals surface area contributed by atoms with Gasteiger partial charge in [-0.15, -0.1) is 0 Å². The van der Waals surface area contributed by atoms with Crippen LogP contribution in [0.2, 0.25) is 0 Å². The molecule has 0 fully saturated rings. The highest BCUT2D eigenvalue weighted by atomic mass is 79.9. The minimum absolute atomic E-state index is 0.186. The summed E-state index contributed by atoms with van der Waals surface area (Å²) in [5.74, 6) is -0.186. The van der Waals surface area contributed by atoms with E-state index in [0.29, 0.717) is 11.3 Å². The van der Waals surface area contributed by atoms with Crippen molar-refractivity contribution in [3.8, 4) is 0 Å². The topological polar surface area (TPSA) is 58.4 Å². The minimum Gasteiger partial charge on any atom is -0.399 e. The first-order chi connectivity index (χ1) is 6.50. The van der Waals surface area contributed by atoms with Gasteiger partial charge in [-0.2, -0.15) is 0 Å². The lowest BCUT2D eigenvalue weighted by molar-refractivity contribution is 0.0856. The molecule has 1 aromatic rings. The van der Waals surface area contributed by atoms with E-state index in [0.717, 1.165) is 4.47 Å². The molecule has 0 radical (unpaired) electrons. The molecular formula is C9H12BrN3O. The zero-order chi connectivity index (χ0) is 10.7. The SMILES string of the molecule is CN(C)NC(=O)c1cc(N)ccc1Br. The fourth-order valence-corrected chi connectivity index (χ4v) is 1.41. The Morgan fingerprint density at radius 3 is 2.71 bits per heavy atom. The quantitative estimate of drug-likeness (QED) is 0.619. The van der Waals surface area contributed by atoms with Gasteiger partial charge in [-0.05, 0) is 34.1 Å². The average molecular weight is 258 g/mol. The first-order valence-corrected chi connectivity index (χ1v) is 4.83. The summed E-state index contributed by atoms with van der Waals surface area (Å²) in [4.78, 5) is 11.6. The van der Waals surface area contributed by atoms with Gasteiger partial charge in [-0.3, -0.25) is 10.2 Å². The van der Waals surface area contributed by atoms with Crippen LogP contribution >= 0.6 is 15.9 Å². The van der Waals surface area contributed by atoms with Gasteiger partial charge in [-0.1, -0.05) is 0 Å². The number of hydrazine groups is 1. The van der Waals surface area contributed by atoms with Crippen LogP contribution in [0.1, 0.15) is 10.4 Å². The Balaban J connectivity index is 2.94. The summed E-state index contributed by atoms with van der Waals surface area (Å²) in [5.41, 5.74) is 9.31. The first kappa shape index (κ1) is 11.0. The number of halogens is 1. The number of nitrogen functional groups attached to an aromatic ring is 1. The maximum Gasteiger partial charge on any atom is 0.266 e. The lowest BCUT2D eigenvalue weighted by atomic mass is 10.2. The summed E-state index contributed by atoms with van der Waals surface area (Å²) in [6.07, 6.45) is 0. The normalized spacial score (nSPS) is 10.3. The van der Waals surface area contributed by atoms with E-state index < -0.39 is 0 Å². The number of carbonyl (C=O) groups is 1. The molecule has 3 N–H and O–H groups in total. The Hall–Kier alpha value is -1.07. The average Bonchev–Trinajstić information content (AvgIpc) is 2.08. The molecular weight excluding hydrogens is 246 g/mol. The van der Waals surface area contributed by atoms with E-state index >= 15 is 0 Å². The van der Waals surface area contributed by atoms with Crippen molar-refractivity contribution < 1.29 is 4.79 Å². The van der Waals surface area contributed by atoms with Gasteiger partial charge in [0, 0.05) is 24.3 Å². The molecule has 0 aliphatic rings. The number of hydrogen-bond donors (Lipinski definition) is 2. The third kappa shape index (κ3) is 2.71. The summed E-state index contributed by atoms with van der Waals surface area (Å²) in [5, 5.41) is 1.58. The van der Waals surface area contributed by atoms with E-state index in [2.05, 4.69) is 21.4 Å². The Kier molecular flexibility index (Phi) is 3.49. The third-order valence-corrected chi connectivity index (χ3v) is 2.25. The van der Waals surface area contributed by atoms with E-state index in [-0.39, 0.29) is 5.91 Å². The van der Waals surface area contributed by atoms with Crippen molar-refractivity contribution in [2.45, 2.75) is 0 Å². The van der Waals surface area contributed by atoms with E-state index in [9.17, 15) is 4.79 Å². The van der Waals surface area contributed by atoms with Crippen molar-refractivity contribution in [2.24, 2.45) is 0 Å². The summed E-state index contributed by atoms with van der Waals surface area (Å²) in [7, 11) is 3.50. The number of amides is 1. The number of rotatable bonds is 2. The maximum absolute atomic E-state index is 11.6. The van der Waals surface area contributed by atoms with E-state index in [4.69, 9.17) is 5.73 Å². The van der Waals surface area contributed by atoms with Crippen LogP contribution < -0.4 is 11.2 Å².